The van der Waals surface area contributed by atoms with E-state index in [4.69, 9.17) is 0 Å². The van der Waals surface area contributed by atoms with Gasteiger partial charge in [-0.1, -0.05) is 0 Å². The van der Waals surface area contributed by atoms with E-state index in [-0.39, 0.29) is 0 Å². The predicted octanol–water partition coefficient (Wildman–Crippen LogP) is 1.69. The van der Waals surface area contributed by atoms with Crippen molar-refractivity contribution in [1.82, 2.24) is 19.1 Å². The molecule has 7 heteroatoms. The number of rotatable bonds is 3. The molecule has 0 N–H and O–H groups in total. The van der Waals surface area contributed by atoms with Gasteiger partial charge in [-0.05, 0) is 43.4 Å². The van der Waals surface area contributed by atoms with Gasteiger partial charge < -0.3 is 0 Å². The van der Waals surface area contributed by atoms with Crippen molar-refractivity contribution < 1.29 is 8.42 Å². The maximum atomic E-state index is 12.7. The Balaban J connectivity index is 1.75. The fourth-order valence-corrected chi connectivity index (χ4v) is 4.59. The molecule has 0 radical (unpaired) electrons. The van der Waals surface area contributed by atoms with Crippen LogP contribution in [0.25, 0.3) is 0 Å². The van der Waals surface area contributed by atoms with E-state index in [1.165, 1.54) is 11.8 Å². The van der Waals surface area contributed by atoms with Gasteiger partial charge in [0.25, 0.3) is 0 Å². The Morgan fingerprint density at radius 2 is 1.82 bits per heavy atom. The third-order valence-electron chi connectivity index (χ3n) is 4.44. The van der Waals surface area contributed by atoms with E-state index in [2.05, 4.69) is 10.1 Å². The standard InChI is InChI=1S/C15H20N4O2S/c1-12-15(11-17-18(12)2)22(20,21)19-9-5-14(6-10-19)13-3-7-16-8-4-13/h3-4,7-8,11,14H,5-6,9-10H2,1-2H3. The third kappa shape index (κ3) is 2.66. The van der Waals surface area contributed by atoms with Gasteiger partial charge in [-0.2, -0.15) is 9.40 Å². The van der Waals surface area contributed by atoms with Crippen molar-refractivity contribution in [2.45, 2.75) is 30.6 Å². The molecule has 6 nitrogen and oxygen atoms in total. The fraction of sp³-hybridized carbons (Fsp3) is 0.467. The van der Waals surface area contributed by atoms with Crippen molar-refractivity contribution >= 4 is 10.0 Å². The van der Waals surface area contributed by atoms with E-state index in [1.54, 1.807) is 35.4 Å². The molecule has 118 valence electrons. The van der Waals surface area contributed by atoms with Crippen molar-refractivity contribution in [3.63, 3.8) is 0 Å². The van der Waals surface area contributed by atoms with Crippen molar-refractivity contribution in [2.75, 3.05) is 13.1 Å². The van der Waals surface area contributed by atoms with Crippen molar-refractivity contribution in [3.05, 3.63) is 42.0 Å². The Morgan fingerprint density at radius 1 is 1.18 bits per heavy atom. The van der Waals surface area contributed by atoms with E-state index in [0.717, 1.165) is 12.8 Å². The van der Waals surface area contributed by atoms with Gasteiger partial charge in [0.2, 0.25) is 10.0 Å². The van der Waals surface area contributed by atoms with Crippen LogP contribution in [0.1, 0.15) is 30.0 Å². The van der Waals surface area contributed by atoms with Crippen LogP contribution in [-0.2, 0) is 17.1 Å². The fourth-order valence-electron chi connectivity index (χ4n) is 2.94. The Morgan fingerprint density at radius 3 is 2.36 bits per heavy atom. The lowest BCUT2D eigenvalue weighted by molar-refractivity contribution is 0.319. The van der Waals surface area contributed by atoms with Crippen LogP contribution in [0.15, 0.2) is 35.6 Å². The highest BCUT2D eigenvalue weighted by Crippen LogP contribution is 2.30. The van der Waals surface area contributed by atoms with E-state index in [1.807, 2.05) is 12.1 Å². The average molecular weight is 320 g/mol. The second-order valence-electron chi connectivity index (χ2n) is 5.68. The van der Waals surface area contributed by atoms with Crippen molar-refractivity contribution in [1.29, 1.82) is 0 Å². The second kappa shape index (κ2) is 5.81. The lowest BCUT2D eigenvalue weighted by Gasteiger charge is -2.31. The minimum Gasteiger partial charge on any atom is -0.272 e. The molecule has 1 saturated heterocycles. The molecule has 1 aliphatic heterocycles. The minimum absolute atomic E-state index is 0.317. The second-order valence-corrected chi connectivity index (χ2v) is 7.58. The van der Waals surface area contributed by atoms with E-state index in [0.29, 0.717) is 29.6 Å². The Kier molecular flexibility index (Phi) is 4.01. The SMILES string of the molecule is Cc1c(S(=O)(=O)N2CCC(c3ccncc3)CC2)cnn1C. The largest absolute Gasteiger partial charge is 0.272 e. The zero-order valence-corrected chi connectivity index (χ0v) is 13.6. The number of sulfonamides is 1. The van der Waals surface area contributed by atoms with Gasteiger partial charge >= 0.3 is 0 Å². The lowest BCUT2D eigenvalue weighted by atomic mass is 9.91. The molecule has 3 heterocycles. The van der Waals surface area contributed by atoms with Crippen LogP contribution in [0.5, 0.6) is 0 Å². The quantitative estimate of drug-likeness (QED) is 0.863. The van der Waals surface area contributed by atoms with Crippen LogP contribution < -0.4 is 0 Å². The molecule has 3 rings (SSSR count). The summed E-state index contributed by atoms with van der Waals surface area (Å²) in [5.41, 5.74) is 1.92. The normalized spacial score (nSPS) is 17.7. The third-order valence-corrected chi connectivity index (χ3v) is 6.44. The minimum atomic E-state index is -3.44. The van der Waals surface area contributed by atoms with Crippen LogP contribution in [0.4, 0.5) is 0 Å². The summed E-state index contributed by atoms with van der Waals surface area (Å²) in [4.78, 5) is 4.35. The molecule has 22 heavy (non-hydrogen) atoms. The number of pyridine rings is 1. The predicted molar refractivity (Wildman–Crippen MR) is 82.9 cm³/mol. The average Bonchev–Trinajstić information content (AvgIpc) is 2.88. The molecule has 1 aliphatic rings. The van der Waals surface area contributed by atoms with Gasteiger partial charge in [-0.15, -0.1) is 0 Å². The van der Waals surface area contributed by atoms with Gasteiger partial charge in [0, 0.05) is 32.5 Å². The van der Waals surface area contributed by atoms with Crippen LogP contribution in [0.3, 0.4) is 0 Å². The molecule has 0 bridgehead atoms. The first-order valence-electron chi connectivity index (χ1n) is 7.39. The molecule has 0 aliphatic carbocycles. The maximum absolute atomic E-state index is 12.7. The summed E-state index contributed by atoms with van der Waals surface area (Å²) in [7, 11) is -1.69. The molecular formula is C15H20N4O2S. The van der Waals surface area contributed by atoms with E-state index in [9.17, 15) is 8.42 Å². The zero-order chi connectivity index (χ0) is 15.7. The van der Waals surface area contributed by atoms with Crippen LogP contribution in [-0.4, -0.2) is 40.6 Å². The van der Waals surface area contributed by atoms with Gasteiger partial charge in [0.15, 0.2) is 0 Å². The molecule has 2 aromatic rings. The lowest BCUT2D eigenvalue weighted by Crippen LogP contribution is -2.38. The molecule has 0 amide bonds. The number of piperidine rings is 1. The van der Waals surface area contributed by atoms with E-state index >= 15 is 0 Å². The number of hydrogen-bond acceptors (Lipinski definition) is 4. The van der Waals surface area contributed by atoms with Crippen molar-refractivity contribution in [2.24, 2.45) is 7.05 Å². The highest BCUT2D eigenvalue weighted by atomic mass is 32.2. The van der Waals surface area contributed by atoms with Crippen LogP contribution >= 0.6 is 0 Å². The summed E-state index contributed by atoms with van der Waals surface area (Å²) >= 11 is 0. The first-order valence-corrected chi connectivity index (χ1v) is 8.83. The number of nitrogens with zero attached hydrogens (tertiary/aromatic N) is 4. The van der Waals surface area contributed by atoms with Crippen LogP contribution in [0, 0.1) is 6.92 Å². The molecule has 0 saturated carbocycles. The number of aryl methyl sites for hydroxylation is 1. The smallest absolute Gasteiger partial charge is 0.246 e. The maximum Gasteiger partial charge on any atom is 0.246 e. The molecular weight excluding hydrogens is 300 g/mol. The van der Waals surface area contributed by atoms with Gasteiger partial charge in [-0.3, -0.25) is 9.67 Å². The van der Waals surface area contributed by atoms with E-state index < -0.39 is 10.0 Å². The monoisotopic (exact) mass is 320 g/mol. The molecule has 0 spiro atoms. The first kappa shape index (κ1) is 15.2. The van der Waals surface area contributed by atoms with Crippen LogP contribution in [0.2, 0.25) is 0 Å². The van der Waals surface area contributed by atoms with Gasteiger partial charge in [-0.25, -0.2) is 8.42 Å². The molecule has 0 unspecified atom stereocenters. The topological polar surface area (TPSA) is 68.1 Å². The molecule has 0 atom stereocenters. The summed E-state index contributed by atoms with van der Waals surface area (Å²) in [6.45, 7) is 2.87. The van der Waals surface area contributed by atoms with Gasteiger partial charge in [0.1, 0.15) is 4.90 Å². The highest BCUT2D eigenvalue weighted by Gasteiger charge is 2.32. The summed E-state index contributed by atoms with van der Waals surface area (Å²) in [5.74, 6) is 0.407. The summed E-state index contributed by atoms with van der Waals surface area (Å²) in [5, 5.41) is 4.04. The first-order chi connectivity index (χ1) is 10.5. The summed E-state index contributed by atoms with van der Waals surface area (Å²) in [6.07, 6.45) is 6.69. The van der Waals surface area contributed by atoms with Crippen molar-refractivity contribution in [3.8, 4) is 0 Å². The zero-order valence-electron chi connectivity index (χ0n) is 12.8. The molecule has 2 aromatic heterocycles. The van der Waals surface area contributed by atoms with Gasteiger partial charge in [0.05, 0.1) is 11.9 Å². The summed E-state index contributed by atoms with van der Waals surface area (Å²) < 4.78 is 28.6. The summed E-state index contributed by atoms with van der Waals surface area (Å²) in [6, 6.07) is 4.03. The Bertz CT molecular complexity index is 747. The number of hydrogen-bond donors (Lipinski definition) is 0. The Labute approximate surface area is 130 Å². The Hall–Kier alpha value is -1.73. The molecule has 0 aromatic carbocycles. The highest BCUT2D eigenvalue weighted by molar-refractivity contribution is 7.89. The number of aromatic nitrogens is 3. The molecule has 1 fully saturated rings.